The molecule has 0 saturated carbocycles. The van der Waals surface area contributed by atoms with Gasteiger partial charge in [-0.15, -0.1) is 0 Å². The van der Waals surface area contributed by atoms with E-state index in [0.29, 0.717) is 25.9 Å². The van der Waals surface area contributed by atoms with Gasteiger partial charge in [0.2, 0.25) is 11.1 Å². The summed E-state index contributed by atoms with van der Waals surface area (Å²) in [5, 5.41) is 2.49. The Morgan fingerprint density at radius 1 is 0.805 bits per heavy atom. The molecule has 2 saturated heterocycles. The number of rotatable bonds is 6. The second kappa shape index (κ2) is 15.6. The van der Waals surface area contributed by atoms with Crippen molar-refractivity contribution in [3.63, 3.8) is 0 Å². The van der Waals surface area contributed by atoms with Crippen molar-refractivity contribution in [1.29, 1.82) is 0 Å². The summed E-state index contributed by atoms with van der Waals surface area (Å²) in [4.78, 5) is 46.3. The van der Waals surface area contributed by atoms with Crippen molar-refractivity contribution in [1.82, 2.24) is 10.2 Å². The fourth-order valence-corrected chi connectivity index (χ4v) is 4.59. The van der Waals surface area contributed by atoms with Crippen molar-refractivity contribution < 1.29 is 28.7 Å². The zero-order chi connectivity index (χ0) is 30.6. The van der Waals surface area contributed by atoms with Gasteiger partial charge in [-0.1, -0.05) is 102 Å². The number of imide groups is 1. The molecule has 2 aromatic rings. The fraction of sp³-hybridized carbons (Fsp3) is 0.500. The van der Waals surface area contributed by atoms with Gasteiger partial charge in [0, 0.05) is 12.8 Å². The number of halogens is 1. The number of carbonyl (C=O) groups excluding carboxylic acids is 4. The third-order valence-corrected chi connectivity index (χ3v) is 6.09. The zero-order valence-corrected chi connectivity index (χ0v) is 25.7. The van der Waals surface area contributed by atoms with E-state index >= 15 is 0 Å². The molecule has 4 rings (SSSR count). The van der Waals surface area contributed by atoms with Crippen molar-refractivity contribution in [2.24, 2.45) is 10.8 Å². The van der Waals surface area contributed by atoms with Gasteiger partial charge in [0.25, 0.3) is 0 Å². The van der Waals surface area contributed by atoms with Crippen LogP contribution in [0.2, 0.25) is 0 Å². The molecule has 9 heteroatoms. The Labute approximate surface area is 248 Å². The molecular formula is C32H43ClN2O6. The van der Waals surface area contributed by atoms with Crippen LogP contribution in [0.15, 0.2) is 60.7 Å². The number of nitrogens with one attached hydrogen (secondary N) is 1. The molecule has 0 aromatic heterocycles. The number of cyclic esters (lactones) is 2. The molecule has 2 aliphatic heterocycles. The predicted octanol–water partition coefficient (Wildman–Crippen LogP) is 6.54. The molecule has 2 fully saturated rings. The third-order valence-electron chi connectivity index (χ3n) is 5.96. The average Bonchev–Trinajstić information content (AvgIpc) is 3.43. The highest BCUT2D eigenvalue weighted by Crippen LogP contribution is 2.24. The van der Waals surface area contributed by atoms with Gasteiger partial charge in [0.05, 0.1) is 12.1 Å². The Balaban J connectivity index is 0.000000240. The molecule has 2 heterocycles. The molecule has 0 radical (unpaired) electrons. The monoisotopic (exact) mass is 586 g/mol. The molecule has 2 aromatic carbocycles. The van der Waals surface area contributed by atoms with E-state index in [0.717, 1.165) is 12.0 Å². The SMILES string of the molecule is CC(C)(C)CC(=O)Cl.CC(C)(C)CC(=O)N1C(=O)OC[C@H]1Cc1ccccc1.O=C1N[C@H](Cc2ccccc2)CO1. The van der Waals surface area contributed by atoms with Gasteiger partial charge in [0.1, 0.15) is 13.2 Å². The Bertz CT molecular complexity index is 1140. The molecule has 224 valence electrons. The van der Waals surface area contributed by atoms with Crippen LogP contribution in [0.4, 0.5) is 9.59 Å². The Morgan fingerprint density at radius 3 is 1.73 bits per heavy atom. The number of hydrogen-bond donors (Lipinski definition) is 1. The van der Waals surface area contributed by atoms with E-state index in [1.807, 2.05) is 102 Å². The lowest BCUT2D eigenvalue weighted by atomic mass is 9.91. The summed E-state index contributed by atoms with van der Waals surface area (Å²) in [6.07, 6.45) is 1.46. The molecule has 0 unspecified atom stereocenters. The van der Waals surface area contributed by atoms with E-state index in [4.69, 9.17) is 21.1 Å². The summed E-state index contributed by atoms with van der Waals surface area (Å²) in [7, 11) is 0. The maximum atomic E-state index is 12.3. The predicted molar refractivity (Wildman–Crippen MR) is 160 cm³/mol. The van der Waals surface area contributed by atoms with E-state index in [2.05, 4.69) is 5.32 Å². The average molecular weight is 587 g/mol. The molecule has 0 spiro atoms. The van der Waals surface area contributed by atoms with Crippen LogP contribution < -0.4 is 5.32 Å². The van der Waals surface area contributed by atoms with Gasteiger partial charge in [0.15, 0.2) is 0 Å². The van der Waals surface area contributed by atoms with Gasteiger partial charge in [-0.2, -0.15) is 0 Å². The lowest BCUT2D eigenvalue weighted by molar-refractivity contribution is -0.131. The Hall–Kier alpha value is -3.39. The van der Waals surface area contributed by atoms with Crippen LogP contribution in [0.5, 0.6) is 0 Å². The number of ether oxygens (including phenoxy) is 2. The zero-order valence-electron chi connectivity index (χ0n) is 24.9. The van der Waals surface area contributed by atoms with E-state index in [9.17, 15) is 19.2 Å². The van der Waals surface area contributed by atoms with E-state index in [-0.39, 0.29) is 46.8 Å². The van der Waals surface area contributed by atoms with Crippen LogP contribution in [0, 0.1) is 10.8 Å². The minimum absolute atomic E-state index is 0.0405. The molecule has 2 aliphatic rings. The van der Waals surface area contributed by atoms with Crippen LogP contribution in [0.3, 0.4) is 0 Å². The van der Waals surface area contributed by atoms with Crippen molar-refractivity contribution in [2.45, 2.75) is 79.3 Å². The van der Waals surface area contributed by atoms with Gasteiger partial charge in [-0.3, -0.25) is 9.59 Å². The number of amides is 3. The second-order valence-electron chi connectivity index (χ2n) is 12.6. The highest BCUT2D eigenvalue weighted by molar-refractivity contribution is 6.63. The molecule has 8 nitrogen and oxygen atoms in total. The first-order valence-electron chi connectivity index (χ1n) is 13.8. The van der Waals surface area contributed by atoms with E-state index in [1.165, 1.54) is 10.5 Å². The largest absolute Gasteiger partial charge is 0.447 e. The summed E-state index contributed by atoms with van der Waals surface area (Å²) < 4.78 is 9.84. The van der Waals surface area contributed by atoms with Gasteiger partial charge in [-0.05, 0) is 46.4 Å². The standard InChI is InChI=1S/C16H21NO3.C10H11NO2.C6H11ClO/c1-16(2,3)10-14(18)17-13(11-20-15(17)19)9-12-7-5-4-6-8-12;12-10-11-9(7-13-10)6-8-4-2-1-3-5-8;1-6(2,3)4-5(7)8/h4-8,13H,9-11H2,1-3H3;1-5,9H,6-7H2,(H,11,12);4H2,1-3H3/t13-;9-;/m11./s1. The Morgan fingerprint density at radius 2 is 1.32 bits per heavy atom. The molecular weight excluding hydrogens is 544 g/mol. The van der Waals surface area contributed by atoms with Crippen molar-refractivity contribution in [3.05, 3.63) is 71.8 Å². The summed E-state index contributed by atoms with van der Waals surface area (Å²) in [6.45, 7) is 12.7. The first kappa shape index (κ1) is 33.8. The molecule has 0 aliphatic carbocycles. The highest BCUT2D eigenvalue weighted by Gasteiger charge is 2.38. The van der Waals surface area contributed by atoms with E-state index < -0.39 is 6.09 Å². The number of alkyl carbamates (subject to hydrolysis) is 1. The number of carbonyl (C=O) groups is 4. The summed E-state index contributed by atoms with van der Waals surface area (Å²) in [5.74, 6) is -0.152. The quantitative estimate of drug-likeness (QED) is 0.386. The molecule has 2 atom stereocenters. The highest BCUT2D eigenvalue weighted by atomic mass is 35.5. The first-order chi connectivity index (χ1) is 19.1. The fourth-order valence-electron chi connectivity index (χ4n) is 4.19. The third kappa shape index (κ3) is 13.7. The summed E-state index contributed by atoms with van der Waals surface area (Å²) in [5.41, 5.74) is 2.22. The van der Waals surface area contributed by atoms with Crippen molar-refractivity contribution in [3.8, 4) is 0 Å². The van der Waals surface area contributed by atoms with Gasteiger partial charge < -0.3 is 14.8 Å². The van der Waals surface area contributed by atoms with Gasteiger partial charge in [-0.25, -0.2) is 14.5 Å². The van der Waals surface area contributed by atoms with E-state index in [1.54, 1.807) is 0 Å². The van der Waals surface area contributed by atoms with Crippen LogP contribution in [0.25, 0.3) is 0 Å². The topological polar surface area (TPSA) is 102 Å². The minimum atomic E-state index is -0.514. The maximum absolute atomic E-state index is 12.3. The number of hydrogen-bond acceptors (Lipinski definition) is 6. The van der Waals surface area contributed by atoms with Crippen LogP contribution in [0.1, 0.15) is 65.5 Å². The molecule has 0 bridgehead atoms. The van der Waals surface area contributed by atoms with Crippen molar-refractivity contribution in [2.75, 3.05) is 13.2 Å². The van der Waals surface area contributed by atoms with Gasteiger partial charge >= 0.3 is 12.2 Å². The molecule has 41 heavy (non-hydrogen) atoms. The second-order valence-corrected chi connectivity index (χ2v) is 13.1. The summed E-state index contributed by atoms with van der Waals surface area (Å²) in [6, 6.07) is 19.8. The lowest BCUT2D eigenvalue weighted by Gasteiger charge is -2.24. The normalized spacial score (nSPS) is 18.2. The first-order valence-corrected chi connectivity index (χ1v) is 14.2. The van der Waals surface area contributed by atoms with Crippen LogP contribution >= 0.6 is 11.6 Å². The number of nitrogens with zero attached hydrogens (tertiary/aromatic N) is 1. The smallest absolute Gasteiger partial charge is 0.416 e. The molecule has 1 N–H and O–H groups in total. The maximum Gasteiger partial charge on any atom is 0.416 e. The summed E-state index contributed by atoms with van der Waals surface area (Å²) >= 11 is 5.12. The number of benzene rings is 2. The minimum Gasteiger partial charge on any atom is -0.447 e. The van der Waals surface area contributed by atoms with Crippen LogP contribution in [-0.2, 0) is 31.9 Å². The van der Waals surface area contributed by atoms with Crippen LogP contribution in [-0.4, -0.2) is 53.5 Å². The lowest BCUT2D eigenvalue weighted by Crippen LogP contribution is -2.41. The Kier molecular flexibility index (Phi) is 12.8. The molecule has 3 amide bonds. The van der Waals surface area contributed by atoms with Crippen molar-refractivity contribution >= 4 is 34.9 Å².